The average Bonchev–Trinajstić information content (AvgIpc) is 2.97. The van der Waals surface area contributed by atoms with Crippen molar-refractivity contribution in [3.05, 3.63) is 29.8 Å². The molecule has 9 heteroatoms. The van der Waals surface area contributed by atoms with Gasteiger partial charge >= 0.3 is 6.36 Å². The molecule has 2 amide bonds. The van der Waals surface area contributed by atoms with Gasteiger partial charge in [0.15, 0.2) is 0 Å². The number of ether oxygens (including phenoxy) is 1. The first-order valence-electron chi connectivity index (χ1n) is 7.22. The van der Waals surface area contributed by atoms with Crippen LogP contribution < -0.4 is 10.1 Å². The van der Waals surface area contributed by atoms with Gasteiger partial charge in [0.05, 0.1) is 5.92 Å². The minimum atomic E-state index is -4.80. The van der Waals surface area contributed by atoms with Gasteiger partial charge in [0.2, 0.25) is 5.91 Å². The second kappa shape index (κ2) is 7.08. The van der Waals surface area contributed by atoms with Gasteiger partial charge < -0.3 is 20.1 Å². The molecule has 0 bridgehead atoms. The minimum absolute atomic E-state index is 0.143. The Morgan fingerprint density at radius 1 is 1.29 bits per heavy atom. The van der Waals surface area contributed by atoms with Crippen molar-refractivity contribution in [2.45, 2.75) is 6.36 Å². The third kappa shape index (κ3) is 4.16. The van der Waals surface area contributed by atoms with E-state index < -0.39 is 23.9 Å². The first-order chi connectivity index (χ1) is 11.2. The van der Waals surface area contributed by atoms with E-state index in [1.165, 1.54) is 24.1 Å². The highest BCUT2D eigenvalue weighted by Gasteiger charge is 2.39. The Morgan fingerprint density at radius 2 is 1.92 bits per heavy atom. The average molecular weight is 346 g/mol. The predicted molar refractivity (Wildman–Crippen MR) is 77.2 cm³/mol. The van der Waals surface area contributed by atoms with Crippen molar-refractivity contribution >= 4 is 11.8 Å². The van der Waals surface area contributed by atoms with Crippen molar-refractivity contribution in [3.8, 4) is 5.75 Å². The fourth-order valence-corrected chi connectivity index (χ4v) is 2.69. The summed E-state index contributed by atoms with van der Waals surface area (Å²) in [4.78, 5) is 25.6. The van der Waals surface area contributed by atoms with Crippen LogP contribution in [-0.4, -0.2) is 54.9 Å². The number of benzene rings is 1. The number of halogens is 3. The zero-order valence-electron chi connectivity index (χ0n) is 12.8. The predicted octanol–water partition coefficient (Wildman–Crippen LogP) is 1.01. The van der Waals surface area contributed by atoms with Gasteiger partial charge in [-0.25, -0.2) is 0 Å². The van der Waals surface area contributed by atoms with Gasteiger partial charge in [-0.2, -0.15) is 0 Å². The number of hydrogen-bond donors (Lipinski definition) is 2. The van der Waals surface area contributed by atoms with Crippen LogP contribution in [0.5, 0.6) is 5.75 Å². The maximum atomic E-state index is 12.4. The van der Waals surface area contributed by atoms with Gasteiger partial charge in [-0.15, -0.1) is 13.2 Å². The molecule has 1 fully saturated rings. The van der Waals surface area contributed by atoms with E-state index in [0.29, 0.717) is 0 Å². The summed E-state index contributed by atoms with van der Waals surface area (Å²) in [5.74, 6) is -1.99. The second-order valence-corrected chi connectivity index (χ2v) is 5.45. The molecule has 1 aromatic rings. The van der Waals surface area contributed by atoms with Crippen LogP contribution in [-0.2, 0) is 4.79 Å². The fourth-order valence-electron chi connectivity index (χ4n) is 2.69. The first kappa shape index (κ1) is 18.1. The summed E-state index contributed by atoms with van der Waals surface area (Å²) in [6, 6.07) is 4.56. The van der Waals surface area contributed by atoms with Crippen molar-refractivity contribution in [1.29, 1.82) is 0 Å². The second-order valence-electron chi connectivity index (χ2n) is 5.45. The number of carbonyl (C=O) groups excluding carboxylic acids is 2. The van der Waals surface area contributed by atoms with E-state index in [0.717, 1.165) is 12.1 Å². The summed E-state index contributed by atoms with van der Waals surface area (Å²) in [6.07, 6.45) is -4.80. The molecule has 2 N–H and O–H groups in total. The molecule has 132 valence electrons. The fraction of sp³-hybridized carbons (Fsp3) is 0.467. The lowest BCUT2D eigenvalue weighted by molar-refractivity contribution is -0.274. The summed E-state index contributed by atoms with van der Waals surface area (Å²) in [6.45, 7) is 0.110. The molecule has 2 atom stereocenters. The third-order valence-corrected chi connectivity index (χ3v) is 3.88. The highest BCUT2D eigenvalue weighted by molar-refractivity contribution is 5.95. The highest BCUT2D eigenvalue weighted by Crippen LogP contribution is 2.26. The highest BCUT2D eigenvalue weighted by atomic mass is 19.4. The smallest absolute Gasteiger partial charge is 0.406 e. The quantitative estimate of drug-likeness (QED) is 0.853. The summed E-state index contributed by atoms with van der Waals surface area (Å²) in [5, 5.41) is 11.8. The minimum Gasteiger partial charge on any atom is -0.406 e. The number of aliphatic hydroxyl groups excluding tert-OH is 1. The van der Waals surface area contributed by atoms with Crippen LogP contribution in [0.1, 0.15) is 10.4 Å². The molecule has 1 aliphatic rings. The lowest BCUT2D eigenvalue weighted by Gasteiger charge is -2.16. The Hall–Kier alpha value is -2.29. The van der Waals surface area contributed by atoms with Gasteiger partial charge in [-0.05, 0) is 24.3 Å². The van der Waals surface area contributed by atoms with Gasteiger partial charge in [0.25, 0.3) is 5.91 Å². The zero-order chi connectivity index (χ0) is 17.9. The monoisotopic (exact) mass is 346 g/mol. The van der Waals surface area contributed by atoms with Gasteiger partial charge in [-0.1, -0.05) is 0 Å². The van der Waals surface area contributed by atoms with Crippen molar-refractivity contribution in [1.82, 2.24) is 10.2 Å². The maximum absolute atomic E-state index is 12.4. The number of nitrogens with zero attached hydrogens (tertiary/aromatic N) is 1. The number of carbonyl (C=O) groups is 2. The van der Waals surface area contributed by atoms with E-state index >= 15 is 0 Å². The standard InChI is InChI=1S/C15H17F3N2O4/c1-19-13(22)12-7-20(6-10(12)8-21)14(23)9-2-4-11(5-3-9)24-15(16,17)18/h2-5,10,12,21H,6-8H2,1H3,(H,19,22)/t10-,12+/m0/s1. The van der Waals surface area contributed by atoms with Crippen LogP contribution in [0.4, 0.5) is 13.2 Å². The molecule has 0 radical (unpaired) electrons. The molecular formula is C15H17F3N2O4. The lowest BCUT2D eigenvalue weighted by Crippen LogP contribution is -2.34. The summed E-state index contributed by atoms with van der Waals surface area (Å²) in [7, 11) is 1.47. The molecule has 1 heterocycles. The van der Waals surface area contributed by atoms with Crippen LogP contribution >= 0.6 is 0 Å². The molecule has 1 saturated heterocycles. The molecule has 0 aliphatic carbocycles. The zero-order valence-corrected chi connectivity index (χ0v) is 12.8. The normalized spacial score (nSPS) is 20.8. The van der Waals surface area contributed by atoms with Crippen LogP contribution in [0.3, 0.4) is 0 Å². The van der Waals surface area contributed by atoms with Crippen LogP contribution in [0.15, 0.2) is 24.3 Å². The van der Waals surface area contributed by atoms with Crippen molar-refractivity contribution in [2.24, 2.45) is 11.8 Å². The topological polar surface area (TPSA) is 78.9 Å². The van der Waals surface area contributed by atoms with E-state index in [2.05, 4.69) is 10.1 Å². The van der Waals surface area contributed by atoms with Crippen molar-refractivity contribution in [3.63, 3.8) is 0 Å². The first-order valence-corrected chi connectivity index (χ1v) is 7.22. The molecule has 2 rings (SSSR count). The van der Waals surface area contributed by atoms with Crippen molar-refractivity contribution in [2.75, 3.05) is 26.7 Å². The maximum Gasteiger partial charge on any atom is 0.573 e. The number of rotatable bonds is 4. The number of aliphatic hydroxyl groups is 1. The van der Waals surface area contributed by atoms with E-state index in [4.69, 9.17) is 0 Å². The number of likely N-dealkylation sites (tertiary alicyclic amines) is 1. The SMILES string of the molecule is CNC(=O)[C@@H]1CN(C(=O)c2ccc(OC(F)(F)F)cc2)C[C@H]1CO. The Bertz CT molecular complexity index is 604. The lowest BCUT2D eigenvalue weighted by atomic mass is 9.96. The molecule has 1 aromatic carbocycles. The molecule has 0 unspecified atom stereocenters. The van der Waals surface area contributed by atoms with Crippen LogP contribution in [0.25, 0.3) is 0 Å². The molecule has 0 saturated carbocycles. The summed E-state index contributed by atoms with van der Waals surface area (Å²) >= 11 is 0. The molecule has 0 aromatic heterocycles. The molecule has 6 nitrogen and oxygen atoms in total. The Balaban J connectivity index is 2.08. The molecule has 1 aliphatic heterocycles. The Kier molecular flexibility index (Phi) is 5.33. The number of hydrogen-bond acceptors (Lipinski definition) is 4. The third-order valence-electron chi connectivity index (χ3n) is 3.88. The van der Waals surface area contributed by atoms with Gasteiger partial charge in [-0.3, -0.25) is 9.59 Å². The Labute approximate surface area is 136 Å². The van der Waals surface area contributed by atoms with E-state index in [1.54, 1.807) is 0 Å². The van der Waals surface area contributed by atoms with E-state index in [1.807, 2.05) is 0 Å². The summed E-state index contributed by atoms with van der Waals surface area (Å²) in [5.41, 5.74) is 0.179. The van der Waals surface area contributed by atoms with Gasteiger partial charge in [0, 0.05) is 38.2 Å². The number of alkyl halides is 3. The Morgan fingerprint density at radius 3 is 2.42 bits per heavy atom. The van der Waals surface area contributed by atoms with Crippen LogP contribution in [0, 0.1) is 11.8 Å². The summed E-state index contributed by atoms with van der Waals surface area (Å²) < 4.78 is 40.1. The number of nitrogens with one attached hydrogen (secondary N) is 1. The number of amides is 2. The van der Waals surface area contributed by atoms with Gasteiger partial charge in [0.1, 0.15) is 5.75 Å². The van der Waals surface area contributed by atoms with E-state index in [9.17, 15) is 27.9 Å². The largest absolute Gasteiger partial charge is 0.573 e. The van der Waals surface area contributed by atoms with Crippen LogP contribution in [0.2, 0.25) is 0 Å². The van der Waals surface area contributed by atoms with Crippen molar-refractivity contribution < 1.29 is 32.6 Å². The van der Waals surface area contributed by atoms with E-state index in [-0.39, 0.29) is 37.1 Å². The molecule has 0 spiro atoms. The molecular weight excluding hydrogens is 329 g/mol. The molecule has 24 heavy (non-hydrogen) atoms.